The Kier molecular flexibility index (Phi) is 5.08. The van der Waals surface area contributed by atoms with Crippen LogP contribution in [0, 0.1) is 22.7 Å². The number of carbonyl (C=O) groups is 3. The smallest absolute Gasteiger partial charge is 0.303 e. The number of allylic oxidation sites excluding steroid dienone is 4. The first-order chi connectivity index (χ1) is 13.9. The minimum absolute atomic E-state index is 0.000631. The molecule has 5 nitrogen and oxygen atoms in total. The van der Waals surface area contributed by atoms with Gasteiger partial charge in [-0.25, -0.2) is 0 Å². The van der Waals surface area contributed by atoms with Crippen LogP contribution in [0.25, 0.3) is 0 Å². The van der Waals surface area contributed by atoms with E-state index in [4.69, 9.17) is 27.9 Å². The second-order valence-corrected chi connectivity index (χ2v) is 11.0. The lowest BCUT2D eigenvalue weighted by atomic mass is 9.46. The highest BCUT2D eigenvalue weighted by atomic mass is 35.5. The van der Waals surface area contributed by atoms with Crippen molar-refractivity contribution < 1.29 is 24.2 Å². The van der Waals surface area contributed by atoms with E-state index in [1.165, 1.54) is 6.92 Å². The van der Waals surface area contributed by atoms with Crippen molar-refractivity contribution in [2.24, 2.45) is 22.7 Å². The summed E-state index contributed by atoms with van der Waals surface area (Å²) in [4.78, 5) is 35.3. The number of hydrogen-bond acceptors (Lipinski definition) is 5. The number of carbonyl (C=O) groups excluding carboxylic acids is 3. The molecule has 0 aromatic rings. The van der Waals surface area contributed by atoms with Gasteiger partial charge in [0.25, 0.3) is 0 Å². The van der Waals surface area contributed by atoms with Crippen LogP contribution in [0.2, 0.25) is 0 Å². The molecule has 0 radical (unpaired) electrons. The van der Waals surface area contributed by atoms with Gasteiger partial charge in [0, 0.05) is 17.8 Å². The first kappa shape index (κ1) is 22.0. The summed E-state index contributed by atoms with van der Waals surface area (Å²) in [7, 11) is 0. The Balaban J connectivity index is 1.72. The highest BCUT2D eigenvalue weighted by Gasteiger charge is 2.72. The van der Waals surface area contributed by atoms with Gasteiger partial charge in [-0.1, -0.05) is 25.5 Å². The number of esters is 1. The van der Waals surface area contributed by atoms with Crippen molar-refractivity contribution in [3.05, 3.63) is 23.8 Å². The molecular weight excluding hydrogens is 427 g/mol. The van der Waals surface area contributed by atoms with Gasteiger partial charge in [0.15, 0.2) is 12.4 Å². The van der Waals surface area contributed by atoms with Crippen LogP contribution < -0.4 is 0 Å². The quantitative estimate of drug-likeness (QED) is 0.518. The summed E-state index contributed by atoms with van der Waals surface area (Å²) in [6.07, 6.45) is 7.97. The Hall–Kier alpha value is -1.17. The summed E-state index contributed by atoms with van der Waals surface area (Å²) in [5.41, 5.74) is -1.91. The third kappa shape index (κ3) is 2.67. The maximum Gasteiger partial charge on any atom is 0.303 e. The van der Waals surface area contributed by atoms with Crippen LogP contribution in [0.1, 0.15) is 52.9 Å². The molecule has 0 aliphatic heterocycles. The first-order valence-corrected chi connectivity index (χ1v) is 11.4. The van der Waals surface area contributed by atoms with Crippen LogP contribution in [-0.2, 0) is 19.1 Å². The van der Waals surface area contributed by atoms with Crippen LogP contribution in [-0.4, -0.2) is 45.1 Å². The average molecular weight is 455 g/mol. The molecule has 164 valence electrons. The number of hydrogen-bond donors (Lipinski definition) is 1. The summed E-state index contributed by atoms with van der Waals surface area (Å²) in [6, 6.07) is 0. The highest BCUT2D eigenvalue weighted by Crippen LogP contribution is 2.71. The Labute approximate surface area is 186 Å². The van der Waals surface area contributed by atoms with Crippen molar-refractivity contribution >= 4 is 40.7 Å². The molecule has 3 saturated carbocycles. The Bertz CT molecular complexity index is 881. The first-order valence-electron chi connectivity index (χ1n) is 10.6. The maximum absolute atomic E-state index is 12.9. The second-order valence-electron chi connectivity index (χ2n) is 9.82. The number of Topliss-reactive ketones (excluding diaryl/α,β-unsaturated/α-hetero) is 1. The predicted molar refractivity (Wildman–Crippen MR) is 113 cm³/mol. The van der Waals surface area contributed by atoms with E-state index in [-0.39, 0.29) is 17.6 Å². The second kappa shape index (κ2) is 6.91. The van der Waals surface area contributed by atoms with Gasteiger partial charge in [-0.2, -0.15) is 0 Å². The van der Waals surface area contributed by atoms with Gasteiger partial charge in [0.05, 0.1) is 10.3 Å². The fraction of sp³-hybridized carbons (Fsp3) is 0.696. The van der Waals surface area contributed by atoms with Gasteiger partial charge in [-0.15, -0.1) is 23.2 Å². The molecule has 0 saturated heterocycles. The van der Waals surface area contributed by atoms with E-state index in [1.54, 1.807) is 12.2 Å². The van der Waals surface area contributed by atoms with Crippen LogP contribution in [0.15, 0.2) is 23.8 Å². The number of ketones is 2. The van der Waals surface area contributed by atoms with E-state index in [0.717, 1.165) is 18.4 Å². The molecule has 4 unspecified atom stereocenters. The summed E-state index contributed by atoms with van der Waals surface area (Å²) in [5, 5.41) is 11.0. The molecular formula is C23H28Cl2O5. The minimum Gasteiger partial charge on any atom is -0.458 e. The van der Waals surface area contributed by atoms with Crippen molar-refractivity contribution in [2.75, 3.05) is 6.61 Å². The maximum atomic E-state index is 12.9. The van der Waals surface area contributed by atoms with Gasteiger partial charge >= 0.3 is 5.97 Å². The largest absolute Gasteiger partial charge is 0.458 e. The molecule has 4 rings (SSSR count). The van der Waals surface area contributed by atoms with Gasteiger partial charge in [-0.05, 0) is 56.1 Å². The minimum atomic E-state index is -1.60. The number of rotatable bonds is 3. The fourth-order valence-electron chi connectivity index (χ4n) is 6.89. The normalized spacial score (nSPS) is 47.1. The fourth-order valence-corrected chi connectivity index (χ4v) is 8.13. The zero-order valence-corrected chi connectivity index (χ0v) is 19.1. The van der Waals surface area contributed by atoms with Gasteiger partial charge in [0.1, 0.15) is 5.60 Å². The van der Waals surface area contributed by atoms with E-state index in [2.05, 4.69) is 0 Å². The molecule has 3 fully saturated rings. The average Bonchev–Trinajstić information content (AvgIpc) is 2.94. The number of halogens is 2. The summed E-state index contributed by atoms with van der Waals surface area (Å²) in [5.74, 6) is -1.07. The lowest BCUT2D eigenvalue weighted by molar-refractivity contribution is -0.167. The van der Waals surface area contributed by atoms with E-state index in [9.17, 15) is 19.5 Å². The highest BCUT2D eigenvalue weighted by molar-refractivity contribution is 6.34. The van der Waals surface area contributed by atoms with Crippen molar-refractivity contribution in [1.82, 2.24) is 0 Å². The van der Waals surface area contributed by atoms with E-state index >= 15 is 0 Å². The van der Waals surface area contributed by atoms with E-state index in [0.29, 0.717) is 19.3 Å². The summed E-state index contributed by atoms with van der Waals surface area (Å²) in [6.45, 7) is 4.78. The molecule has 4 aliphatic rings. The van der Waals surface area contributed by atoms with Crippen molar-refractivity contribution in [3.8, 4) is 0 Å². The van der Waals surface area contributed by atoms with Crippen LogP contribution >= 0.6 is 23.2 Å². The Morgan fingerprint density at radius 3 is 2.63 bits per heavy atom. The standard InChI is InChI=1S/C23H28Cl2O5/c1-13(26)30-12-19(28)22(29)9-7-16-17-5-4-14-10-15(27)6-8-20(14,2)23(17,25)18(24)11-21(16,22)3/h6,8,10,16-18,29H,4-5,7,9,11-12H2,1-3H3/t16?,17?,18-,20?,21?,22-,23-/m0/s1. The SMILES string of the molecule is CC(=O)OCC(=O)[C@@]1(O)CCC2C3CCC4=CC(=O)C=CC4(C)[C@@]3(Cl)[C@@H](Cl)CC21C. The molecule has 4 aliphatic carbocycles. The molecule has 30 heavy (non-hydrogen) atoms. The number of fused-ring (bicyclic) bond motifs is 5. The Morgan fingerprint density at radius 1 is 1.27 bits per heavy atom. The molecule has 0 aromatic carbocycles. The summed E-state index contributed by atoms with van der Waals surface area (Å²) >= 11 is 14.4. The molecule has 0 amide bonds. The molecule has 0 heterocycles. The van der Waals surface area contributed by atoms with E-state index in [1.807, 2.05) is 19.9 Å². The monoisotopic (exact) mass is 454 g/mol. The summed E-state index contributed by atoms with van der Waals surface area (Å²) < 4.78 is 4.90. The van der Waals surface area contributed by atoms with Crippen molar-refractivity contribution in [1.29, 1.82) is 0 Å². The van der Waals surface area contributed by atoms with Gasteiger partial charge < -0.3 is 9.84 Å². The van der Waals surface area contributed by atoms with Crippen LogP contribution in [0.4, 0.5) is 0 Å². The van der Waals surface area contributed by atoms with Crippen LogP contribution in [0.5, 0.6) is 0 Å². The van der Waals surface area contributed by atoms with Crippen molar-refractivity contribution in [3.63, 3.8) is 0 Å². The predicted octanol–water partition coefficient (Wildman–Crippen LogP) is 3.74. The molecule has 0 spiro atoms. The molecule has 0 bridgehead atoms. The van der Waals surface area contributed by atoms with Gasteiger partial charge in [0.2, 0.25) is 5.78 Å². The molecule has 7 heteroatoms. The Morgan fingerprint density at radius 2 is 1.97 bits per heavy atom. The third-order valence-corrected chi connectivity index (χ3v) is 10.2. The topological polar surface area (TPSA) is 80.7 Å². The lowest BCUT2D eigenvalue weighted by Gasteiger charge is -2.63. The van der Waals surface area contributed by atoms with E-state index < -0.39 is 45.0 Å². The zero-order chi connectivity index (χ0) is 22.1. The van der Waals surface area contributed by atoms with Crippen LogP contribution in [0.3, 0.4) is 0 Å². The van der Waals surface area contributed by atoms with Crippen molar-refractivity contribution in [2.45, 2.75) is 68.7 Å². The third-order valence-electron chi connectivity index (χ3n) is 8.62. The van der Waals surface area contributed by atoms with Gasteiger partial charge in [-0.3, -0.25) is 14.4 Å². The molecule has 1 N–H and O–H groups in total. The number of aliphatic hydroxyl groups is 1. The molecule has 0 aromatic heterocycles. The number of alkyl halides is 2. The zero-order valence-electron chi connectivity index (χ0n) is 17.5. The number of ether oxygens (including phenoxy) is 1. The lowest BCUT2D eigenvalue weighted by Crippen LogP contribution is -2.67. The molecule has 7 atom stereocenters.